The van der Waals surface area contributed by atoms with Gasteiger partial charge in [0.1, 0.15) is 26.2 Å². The number of nitrogens with one attached hydrogen (secondary N) is 3. The summed E-state index contributed by atoms with van der Waals surface area (Å²) in [5.41, 5.74) is 3.67. The summed E-state index contributed by atoms with van der Waals surface area (Å²) >= 11 is 5.71. The number of likely N-dealkylation sites (tertiary alicyclic amines) is 1. The van der Waals surface area contributed by atoms with Crippen molar-refractivity contribution in [1.82, 2.24) is 4.90 Å². The molecule has 2 heterocycles. The van der Waals surface area contributed by atoms with Crippen LogP contribution in [0, 0.1) is 13.8 Å². The lowest BCUT2D eigenvalue weighted by Crippen LogP contribution is -3.21. The number of anilines is 1. The predicted molar refractivity (Wildman–Crippen MR) is 115 cm³/mol. The Morgan fingerprint density at radius 3 is 2.48 bits per heavy atom. The van der Waals surface area contributed by atoms with Gasteiger partial charge < -0.3 is 24.8 Å². The van der Waals surface area contributed by atoms with Crippen molar-refractivity contribution >= 4 is 23.0 Å². The van der Waals surface area contributed by atoms with Crippen LogP contribution in [-0.4, -0.2) is 75.6 Å². The van der Waals surface area contributed by atoms with Crippen LogP contribution in [0.25, 0.3) is 0 Å². The van der Waals surface area contributed by atoms with E-state index in [-0.39, 0.29) is 0 Å². The van der Waals surface area contributed by atoms with Gasteiger partial charge in [0.2, 0.25) is 0 Å². The Hall–Kier alpha value is -1.21. The molecule has 2 aliphatic rings. The van der Waals surface area contributed by atoms with E-state index in [9.17, 15) is 0 Å². The maximum atomic E-state index is 5.71. The van der Waals surface area contributed by atoms with Crippen LogP contribution in [0.4, 0.5) is 5.69 Å². The zero-order chi connectivity index (χ0) is 19.2. The summed E-state index contributed by atoms with van der Waals surface area (Å²) in [6.45, 7) is 13.1. The highest BCUT2D eigenvalue weighted by molar-refractivity contribution is 7.80. The first-order valence-corrected chi connectivity index (χ1v) is 10.8. The number of likely N-dealkylation sites (N-methyl/N-ethyl adjacent to an activating group) is 1. The van der Waals surface area contributed by atoms with Crippen molar-refractivity contribution in [2.24, 2.45) is 0 Å². The lowest BCUT2D eigenvalue weighted by atomic mass is 10.0. The molecule has 0 bridgehead atoms. The lowest BCUT2D eigenvalue weighted by Gasteiger charge is -2.36. The summed E-state index contributed by atoms with van der Waals surface area (Å²) in [6.07, 6.45) is 2.44. The number of quaternary nitrogens is 2. The molecule has 0 aromatic heterocycles. The van der Waals surface area contributed by atoms with Crippen molar-refractivity contribution in [2.75, 3.05) is 64.8 Å². The molecule has 2 saturated heterocycles. The maximum absolute atomic E-state index is 5.71. The van der Waals surface area contributed by atoms with Crippen LogP contribution in [-0.2, 0) is 4.74 Å². The van der Waals surface area contributed by atoms with E-state index in [0.717, 1.165) is 37.5 Å². The molecule has 1 atom stereocenters. The number of para-hydroxylation sites is 1. The van der Waals surface area contributed by atoms with Gasteiger partial charge in [-0.25, -0.2) is 0 Å². The van der Waals surface area contributed by atoms with Crippen molar-refractivity contribution in [3.63, 3.8) is 0 Å². The minimum absolute atomic E-state index is 0.754. The number of hydrogen-bond donors (Lipinski definition) is 3. The molecule has 150 valence electrons. The summed E-state index contributed by atoms with van der Waals surface area (Å²) in [7, 11) is 2.37. The normalized spacial score (nSPS) is 20.5. The van der Waals surface area contributed by atoms with E-state index in [4.69, 9.17) is 17.0 Å². The summed E-state index contributed by atoms with van der Waals surface area (Å²) < 4.78 is 5.46. The summed E-state index contributed by atoms with van der Waals surface area (Å²) in [6, 6.07) is 7.13. The minimum atomic E-state index is 0.754. The van der Waals surface area contributed by atoms with Gasteiger partial charge in [0.25, 0.3) is 0 Å². The second-order valence-electron chi connectivity index (χ2n) is 8.17. The van der Waals surface area contributed by atoms with Gasteiger partial charge in [0, 0.05) is 31.6 Å². The molecule has 5 nitrogen and oxygen atoms in total. The summed E-state index contributed by atoms with van der Waals surface area (Å²) in [5.74, 6) is 0. The largest absolute Gasteiger partial charge is 0.370 e. The number of nitrogens with zero attached hydrogens (tertiary/aromatic N) is 1. The molecule has 2 fully saturated rings. The highest BCUT2D eigenvalue weighted by Crippen LogP contribution is 2.20. The third-order valence-corrected chi connectivity index (χ3v) is 6.63. The smallest absolute Gasteiger partial charge is 0.173 e. The third-order valence-electron chi connectivity index (χ3n) is 6.26. The molecule has 0 amide bonds. The average Bonchev–Trinajstić information content (AvgIpc) is 2.70. The van der Waals surface area contributed by atoms with E-state index in [1.807, 2.05) is 0 Å². The van der Waals surface area contributed by atoms with E-state index >= 15 is 0 Å². The third kappa shape index (κ3) is 5.64. The number of rotatable bonds is 5. The van der Waals surface area contributed by atoms with Gasteiger partial charge in [-0.15, -0.1) is 0 Å². The fraction of sp³-hybridized carbons (Fsp3) is 0.667. The zero-order valence-electron chi connectivity index (χ0n) is 17.1. The van der Waals surface area contributed by atoms with Crippen LogP contribution in [0.2, 0.25) is 0 Å². The quantitative estimate of drug-likeness (QED) is 0.611. The minimum Gasteiger partial charge on any atom is -0.370 e. The van der Waals surface area contributed by atoms with Crippen molar-refractivity contribution in [3.05, 3.63) is 29.3 Å². The molecule has 0 aliphatic carbocycles. The van der Waals surface area contributed by atoms with Crippen molar-refractivity contribution in [1.29, 1.82) is 0 Å². The Kier molecular flexibility index (Phi) is 7.47. The number of hydrogen-bond acceptors (Lipinski definition) is 2. The van der Waals surface area contributed by atoms with E-state index in [0.29, 0.717) is 0 Å². The number of thiocarbonyl (C=S) groups is 1. The zero-order valence-corrected chi connectivity index (χ0v) is 18.0. The average molecular weight is 393 g/mol. The maximum Gasteiger partial charge on any atom is 0.173 e. The molecule has 27 heavy (non-hydrogen) atoms. The fourth-order valence-corrected chi connectivity index (χ4v) is 4.55. The number of ether oxygens (including phenoxy) is 1. The Morgan fingerprint density at radius 1 is 1.22 bits per heavy atom. The van der Waals surface area contributed by atoms with Crippen molar-refractivity contribution in [3.8, 4) is 0 Å². The first-order chi connectivity index (χ1) is 13.0. The number of benzene rings is 1. The number of morpholine rings is 1. The first kappa shape index (κ1) is 20.5. The van der Waals surface area contributed by atoms with Crippen molar-refractivity contribution in [2.45, 2.75) is 32.7 Å². The molecular weight excluding hydrogens is 356 g/mol. The van der Waals surface area contributed by atoms with Crippen molar-refractivity contribution < 1.29 is 14.5 Å². The first-order valence-electron chi connectivity index (χ1n) is 10.4. The Bertz CT molecular complexity index is 604. The van der Waals surface area contributed by atoms with Gasteiger partial charge in [0.15, 0.2) is 5.11 Å². The van der Waals surface area contributed by atoms with Gasteiger partial charge in [-0.2, -0.15) is 0 Å². The second-order valence-corrected chi connectivity index (χ2v) is 8.55. The van der Waals surface area contributed by atoms with Crippen LogP contribution in [0.1, 0.15) is 24.0 Å². The molecule has 1 aromatic rings. The van der Waals surface area contributed by atoms with Gasteiger partial charge >= 0.3 is 0 Å². The van der Waals surface area contributed by atoms with E-state index in [2.05, 4.69) is 49.3 Å². The lowest BCUT2D eigenvalue weighted by molar-refractivity contribution is -0.964. The van der Waals surface area contributed by atoms with E-state index < -0.39 is 0 Å². The molecule has 1 unspecified atom stereocenters. The van der Waals surface area contributed by atoms with Gasteiger partial charge in [0.05, 0.1) is 26.3 Å². The standard InChI is InChI=1S/C21H34N4OS/c1-17-5-4-6-18(2)20(17)22-21(27)25-9-7-19(8-10-25)23(3)11-12-24-13-15-26-16-14-24/h4-6,19H,7-16H2,1-3H3,(H,22,27)/p+2. The topological polar surface area (TPSA) is 33.4 Å². The SMILES string of the molecule is Cc1cccc(C)c1NC(=S)N1CCC([NH+](C)CC[NH+]2CCOCC2)CC1. The fourth-order valence-electron chi connectivity index (χ4n) is 4.26. The molecule has 0 spiro atoms. The van der Waals surface area contributed by atoms with Crippen LogP contribution in [0.15, 0.2) is 18.2 Å². The molecule has 0 radical (unpaired) electrons. The van der Waals surface area contributed by atoms with E-state index in [1.165, 1.54) is 55.8 Å². The van der Waals surface area contributed by atoms with Gasteiger partial charge in [-0.1, -0.05) is 18.2 Å². The molecule has 1 aromatic carbocycles. The highest BCUT2D eigenvalue weighted by atomic mass is 32.1. The van der Waals surface area contributed by atoms with Crippen LogP contribution in [0.3, 0.4) is 0 Å². The van der Waals surface area contributed by atoms with Crippen LogP contribution < -0.4 is 15.1 Å². The highest BCUT2D eigenvalue weighted by Gasteiger charge is 2.27. The molecule has 3 N–H and O–H groups in total. The molecule has 3 rings (SSSR count). The van der Waals surface area contributed by atoms with Crippen LogP contribution >= 0.6 is 12.2 Å². The van der Waals surface area contributed by atoms with E-state index in [1.54, 1.807) is 9.80 Å². The number of aryl methyl sites for hydroxylation is 2. The summed E-state index contributed by atoms with van der Waals surface area (Å²) in [4.78, 5) is 5.73. The van der Waals surface area contributed by atoms with Gasteiger partial charge in [-0.3, -0.25) is 0 Å². The Balaban J connectivity index is 1.43. The van der Waals surface area contributed by atoms with Crippen LogP contribution in [0.5, 0.6) is 0 Å². The molecule has 2 aliphatic heterocycles. The molecular formula is C21H36N4OS+2. The number of piperidine rings is 1. The summed E-state index contributed by atoms with van der Waals surface area (Å²) in [5, 5.41) is 4.37. The Labute approximate surface area is 169 Å². The predicted octanol–water partition coefficient (Wildman–Crippen LogP) is -0.106. The molecule has 0 saturated carbocycles. The Morgan fingerprint density at radius 2 is 1.85 bits per heavy atom. The monoisotopic (exact) mass is 392 g/mol. The van der Waals surface area contributed by atoms with Gasteiger partial charge in [-0.05, 0) is 37.2 Å². The molecule has 6 heteroatoms. The second kappa shape index (κ2) is 9.82.